The van der Waals surface area contributed by atoms with Crippen LogP contribution in [0.1, 0.15) is 31.2 Å². The Morgan fingerprint density at radius 2 is 2.00 bits per heavy atom. The van der Waals surface area contributed by atoms with Crippen LogP contribution in [0, 0.1) is 5.92 Å². The van der Waals surface area contributed by atoms with Crippen LogP contribution in [-0.4, -0.2) is 18.5 Å². The molecule has 20 heavy (non-hydrogen) atoms. The van der Waals surface area contributed by atoms with Crippen LogP contribution >= 0.6 is 23.2 Å². The van der Waals surface area contributed by atoms with Gasteiger partial charge in [-0.05, 0) is 43.4 Å². The first-order chi connectivity index (χ1) is 9.58. The number of rotatable bonds is 4. The average molecular weight is 315 g/mol. The van der Waals surface area contributed by atoms with Gasteiger partial charge in [0.2, 0.25) is 5.91 Å². The van der Waals surface area contributed by atoms with E-state index in [-0.39, 0.29) is 17.9 Å². The van der Waals surface area contributed by atoms with Gasteiger partial charge in [-0.25, -0.2) is 0 Å². The number of nitrogens with two attached hydrogens (primary N) is 1. The van der Waals surface area contributed by atoms with Crippen molar-refractivity contribution in [2.24, 2.45) is 11.7 Å². The fraction of sp³-hybridized carbons (Fsp3) is 0.533. The second-order valence-corrected chi connectivity index (χ2v) is 6.18. The zero-order valence-electron chi connectivity index (χ0n) is 11.4. The third-order valence-electron chi connectivity index (χ3n) is 3.82. The monoisotopic (exact) mass is 314 g/mol. The summed E-state index contributed by atoms with van der Waals surface area (Å²) in [5, 5.41) is 4.25. The zero-order valence-corrected chi connectivity index (χ0v) is 12.9. The first-order valence-corrected chi connectivity index (χ1v) is 7.79. The maximum absolute atomic E-state index is 12.1. The van der Waals surface area contributed by atoms with Crippen molar-refractivity contribution in [3.8, 4) is 0 Å². The van der Waals surface area contributed by atoms with Gasteiger partial charge in [0.25, 0.3) is 0 Å². The van der Waals surface area contributed by atoms with Gasteiger partial charge in [0.15, 0.2) is 0 Å². The van der Waals surface area contributed by atoms with E-state index in [2.05, 4.69) is 5.32 Å². The van der Waals surface area contributed by atoms with Crippen LogP contribution in [-0.2, 0) is 11.2 Å². The highest BCUT2D eigenvalue weighted by molar-refractivity contribution is 6.35. The fourth-order valence-electron chi connectivity index (χ4n) is 2.69. The van der Waals surface area contributed by atoms with Gasteiger partial charge in [-0.15, -0.1) is 0 Å². The van der Waals surface area contributed by atoms with E-state index in [1.54, 1.807) is 0 Å². The zero-order chi connectivity index (χ0) is 14.5. The molecule has 0 radical (unpaired) electrons. The Bertz CT molecular complexity index is 459. The van der Waals surface area contributed by atoms with Crippen LogP contribution in [0.5, 0.6) is 0 Å². The van der Waals surface area contributed by atoms with Crippen LogP contribution in [0.2, 0.25) is 10.0 Å². The Balaban J connectivity index is 1.82. The SMILES string of the molecule is NC1CCCC(C(=O)NCCc2c(Cl)cccc2Cl)C1. The molecule has 1 aromatic carbocycles. The van der Waals surface area contributed by atoms with Crippen molar-refractivity contribution >= 4 is 29.1 Å². The molecule has 1 saturated carbocycles. The van der Waals surface area contributed by atoms with E-state index in [9.17, 15) is 4.79 Å². The minimum atomic E-state index is 0.0560. The van der Waals surface area contributed by atoms with Gasteiger partial charge < -0.3 is 11.1 Å². The smallest absolute Gasteiger partial charge is 0.223 e. The van der Waals surface area contributed by atoms with E-state index >= 15 is 0 Å². The van der Waals surface area contributed by atoms with Crippen molar-refractivity contribution in [1.82, 2.24) is 5.32 Å². The number of hydrogen-bond donors (Lipinski definition) is 2. The van der Waals surface area contributed by atoms with E-state index in [4.69, 9.17) is 28.9 Å². The third-order valence-corrected chi connectivity index (χ3v) is 4.53. The summed E-state index contributed by atoms with van der Waals surface area (Å²) in [6.45, 7) is 0.550. The highest BCUT2D eigenvalue weighted by Gasteiger charge is 2.24. The number of nitrogens with one attached hydrogen (secondary N) is 1. The van der Waals surface area contributed by atoms with E-state index in [0.717, 1.165) is 31.2 Å². The molecule has 0 bridgehead atoms. The standard InChI is InChI=1S/C15H20Cl2N2O/c16-13-5-2-6-14(17)12(13)7-8-19-15(20)10-3-1-4-11(18)9-10/h2,5-6,10-11H,1,3-4,7-9,18H2,(H,19,20). The first kappa shape index (κ1) is 15.6. The van der Waals surface area contributed by atoms with Crippen LogP contribution in [0.4, 0.5) is 0 Å². The van der Waals surface area contributed by atoms with Crippen molar-refractivity contribution in [3.63, 3.8) is 0 Å². The second kappa shape index (κ2) is 7.30. The van der Waals surface area contributed by atoms with Crippen LogP contribution in [0.3, 0.4) is 0 Å². The number of carbonyl (C=O) groups is 1. The highest BCUT2D eigenvalue weighted by atomic mass is 35.5. The maximum Gasteiger partial charge on any atom is 0.223 e. The molecule has 0 saturated heterocycles. The lowest BCUT2D eigenvalue weighted by atomic mass is 9.85. The van der Waals surface area contributed by atoms with E-state index in [1.165, 1.54) is 0 Å². The van der Waals surface area contributed by atoms with Gasteiger partial charge in [0.05, 0.1) is 0 Å². The Morgan fingerprint density at radius 1 is 1.30 bits per heavy atom. The van der Waals surface area contributed by atoms with Crippen molar-refractivity contribution in [3.05, 3.63) is 33.8 Å². The largest absolute Gasteiger partial charge is 0.356 e. The van der Waals surface area contributed by atoms with Gasteiger partial charge in [0.1, 0.15) is 0 Å². The fourth-order valence-corrected chi connectivity index (χ4v) is 3.28. The Hall–Kier alpha value is -0.770. The lowest BCUT2D eigenvalue weighted by Crippen LogP contribution is -2.38. The topological polar surface area (TPSA) is 55.1 Å². The Kier molecular flexibility index (Phi) is 5.70. The van der Waals surface area contributed by atoms with E-state index in [0.29, 0.717) is 23.0 Å². The molecule has 5 heteroatoms. The predicted octanol–water partition coefficient (Wildman–Crippen LogP) is 3.17. The van der Waals surface area contributed by atoms with Gasteiger partial charge in [-0.1, -0.05) is 35.7 Å². The molecule has 0 heterocycles. The van der Waals surface area contributed by atoms with Crippen LogP contribution < -0.4 is 11.1 Å². The van der Waals surface area contributed by atoms with Gasteiger partial charge in [-0.3, -0.25) is 4.79 Å². The molecule has 0 aliphatic heterocycles. The summed E-state index contributed by atoms with van der Waals surface area (Å²) in [4.78, 5) is 12.1. The molecular formula is C15H20Cl2N2O. The Labute approximate surface area is 129 Å². The van der Waals surface area contributed by atoms with Crippen molar-refractivity contribution < 1.29 is 4.79 Å². The minimum Gasteiger partial charge on any atom is -0.356 e. The average Bonchev–Trinajstić information content (AvgIpc) is 2.42. The molecule has 3 N–H and O–H groups in total. The predicted molar refractivity (Wildman–Crippen MR) is 83.1 cm³/mol. The van der Waals surface area contributed by atoms with Gasteiger partial charge >= 0.3 is 0 Å². The number of halogens is 2. The lowest BCUT2D eigenvalue weighted by Gasteiger charge is -2.25. The quantitative estimate of drug-likeness (QED) is 0.896. The number of carbonyl (C=O) groups excluding carboxylic acids is 1. The molecule has 1 aliphatic carbocycles. The summed E-state index contributed by atoms with van der Waals surface area (Å²) < 4.78 is 0. The molecular weight excluding hydrogens is 295 g/mol. The molecule has 1 aliphatic rings. The van der Waals surface area contributed by atoms with Crippen LogP contribution in [0.25, 0.3) is 0 Å². The third kappa shape index (κ3) is 4.11. The summed E-state index contributed by atoms with van der Waals surface area (Å²) in [5.74, 6) is 0.156. The van der Waals surface area contributed by atoms with Crippen molar-refractivity contribution in [1.29, 1.82) is 0 Å². The highest BCUT2D eigenvalue weighted by Crippen LogP contribution is 2.25. The molecule has 1 amide bonds. The molecule has 1 fully saturated rings. The molecule has 1 aromatic rings. The summed E-state index contributed by atoms with van der Waals surface area (Å²) in [5.41, 5.74) is 6.79. The summed E-state index contributed by atoms with van der Waals surface area (Å²) in [6, 6.07) is 5.60. The van der Waals surface area contributed by atoms with Gasteiger partial charge in [-0.2, -0.15) is 0 Å². The lowest BCUT2D eigenvalue weighted by molar-refractivity contribution is -0.126. The maximum atomic E-state index is 12.1. The normalized spacial score (nSPS) is 22.6. The second-order valence-electron chi connectivity index (χ2n) is 5.36. The van der Waals surface area contributed by atoms with E-state index < -0.39 is 0 Å². The molecule has 2 atom stereocenters. The molecule has 2 rings (SSSR count). The Morgan fingerprint density at radius 3 is 2.65 bits per heavy atom. The summed E-state index contributed by atoms with van der Waals surface area (Å²) in [7, 11) is 0. The van der Waals surface area contributed by atoms with Crippen LogP contribution in [0.15, 0.2) is 18.2 Å². The molecule has 0 spiro atoms. The summed E-state index contributed by atoms with van der Waals surface area (Å²) in [6.07, 6.45) is 4.43. The van der Waals surface area contributed by atoms with E-state index in [1.807, 2.05) is 18.2 Å². The number of hydrogen-bond acceptors (Lipinski definition) is 2. The molecule has 3 nitrogen and oxygen atoms in total. The number of benzene rings is 1. The minimum absolute atomic E-state index is 0.0560. The first-order valence-electron chi connectivity index (χ1n) is 7.04. The molecule has 2 unspecified atom stereocenters. The van der Waals surface area contributed by atoms with Crippen molar-refractivity contribution in [2.75, 3.05) is 6.54 Å². The van der Waals surface area contributed by atoms with Gasteiger partial charge in [0, 0.05) is 28.5 Å². The van der Waals surface area contributed by atoms with Crippen molar-refractivity contribution in [2.45, 2.75) is 38.1 Å². The molecule has 110 valence electrons. The molecule has 0 aromatic heterocycles. The summed E-state index contributed by atoms with van der Waals surface area (Å²) >= 11 is 12.2. The number of amides is 1.